The fraction of sp³-hybridized carbons (Fsp3) is 0.533. The highest BCUT2D eigenvalue weighted by molar-refractivity contribution is 5.89. The fourth-order valence-electron chi connectivity index (χ4n) is 2.40. The van der Waals surface area contributed by atoms with Crippen LogP contribution in [0.15, 0.2) is 24.3 Å². The van der Waals surface area contributed by atoms with E-state index < -0.39 is 0 Å². The van der Waals surface area contributed by atoms with Crippen LogP contribution in [-0.2, 0) is 0 Å². The van der Waals surface area contributed by atoms with Crippen LogP contribution in [0.1, 0.15) is 32.3 Å². The van der Waals surface area contributed by atoms with Crippen LogP contribution in [0.5, 0.6) is 0 Å². The molecule has 0 aliphatic carbocycles. The lowest BCUT2D eigenvalue weighted by Crippen LogP contribution is -2.46. The Balaban J connectivity index is 2.00. The molecule has 1 aliphatic heterocycles. The first-order chi connectivity index (χ1) is 8.56. The van der Waals surface area contributed by atoms with Crippen LogP contribution in [0, 0.1) is 12.8 Å². The zero-order valence-corrected chi connectivity index (χ0v) is 11.4. The molecule has 0 radical (unpaired) electrons. The van der Waals surface area contributed by atoms with E-state index in [1.807, 2.05) is 36.1 Å². The van der Waals surface area contributed by atoms with Crippen LogP contribution in [-0.4, -0.2) is 23.5 Å². The van der Waals surface area contributed by atoms with Gasteiger partial charge in [-0.25, -0.2) is 4.79 Å². The quantitative estimate of drug-likeness (QED) is 0.806. The van der Waals surface area contributed by atoms with Crippen LogP contribution >= 0.6 is 0 Å². The highest BCUT2D eigenvalue weighted by atomic mass is 16.2. The second kappa shape index (κ2) is 5.42. The first-order valence-corrected chi connectivity index (χ1v) is 6.70. The molecule has 1 unspecified atom stereocenters. The van der Waals surface area contributed by atoms with E-state index in [-0.39, 0.29) is 6.03 Å². The van der Waals surface area contributed by atoms with Gasteiger partial charge < -0.3 is 10.2 Å². The van der Waals surface area contributed by atoms with E-state index in [4.69, 9.17) is 0 Å². The number of amides is 2. The number of rotatable bonds is 1. The molecule has 0 saturated carbocycles. The Morgan fingerprint density at radius 3 is 2.56 bits per heavy atom. The van der Waals surface area contributed by atoms with Crippen molar-refractivity contribution in [3.8, 4) is 0 Å². The summed E-state index contributed by atoms with van der Waals surface area (Å²) in [4.78, 5) is 14.2. The number of hydrogen-bond acceptors (Lipinski definition) is 1. The van der Waals surface area contributed by atoms with Crippen LogP contribution in [0.4, 0.5) is 10.5 Å². The Bertz CT molecular complexity index is 413. The summed E-state index contributed by atoms with van der Waals surface area (Å²) in [5, 5.41) is 2.98. The summed E-state index contributed by atoms with van der Waals surface area (Å²) < 4.78 is 0. The van der Waals surface area contributed by atoms with Gasteiger partial charge in [-0.3, -0.25) is 0 Å². The lowest BCUT2D eigenvalue weighted by molar-refractivity contribution is 0.147. The number of hydrogen-bond donors (Lipinski definition) is 1. The van der Waals surface area contributed by atoms with Crippen LogP contribution < -0.4 is 5.32 Å². The Kier molecular flexibility index (Phi) is 3.90. The topological polar surface area (TPSA) is 32.3 Å². The first-order valence-electron chi connectivity index (χ1n) is 6.70. The van der Waals surface area contributed by atoms with Gasteiger partial charge in [0.2, 0.25) is 0 Å². The number of nitrogens with zero attached hydrogens (tertiary/aromatic N) is 1. The highest BCUT2D eigenvalue weighted by Crippen LogP contribution is 2.22. The minimum atomic E-state index is 0.0258. The van der Waals surface area contributed by atoms with Crippen molar-refractivity contribution in [3.05, 3.63) is 29.8 Å². The summed E-state index contributed by atoms with van der Waals surface area (Å²) in [5.41, 5.74) is 2.07. The van der Waals surface area contributed by atoms with E-state index in [2.05, 4.69) is 19.2 Å². The SMILES string of the molecule is Cc1ccc(NC(=O)N2CC(C)CC[C@H]2C)cc1. The minimum Gasteiger partial charge on any atom is -0.322 e. The van der Waals surface area contributed by atoms with E-state index in [0.29, 0.717) is 12.0 Å². The predicted octanol–water partition coefficient (Wildman–Crippen LogP) is 3.65. The molecule has 1 aromatic carbocycles. The molecule has 3 heteroatoms. The number of nitrogens with one attached hydrogen (secondary N) is 1. The molecule has 98 valence electrons. The fourth-order valence-corrected chi connectivity index (χ4v) is 2.40. The van der Waals surface area contributed by atoms with Gasteiger partial charge in [-0.2, -0.15) is 0 Å². The van der Waals surface area contributed by atoms with Crippen LogP contribution in [0.2, 0.25) is 0 Å². The van der Waals surface area contributed by atoms with Crippen molar-refractivity contribution in [2.45, 2.75) is 39.7 Å². The smallest absolute Gasteiger partial charge is 0.322 e. The second-order valence-corrected chi connectivity index (χ2v) is 5.48. The molecule has 2 amide bonds. The van der Waals surface area contributed by atoms with E-state index in [0.717, 1.165) is 18.7 Å². The molecule has 2 rings (SSSR count). The van der Waals surface area contributed by atoms with Crippen molar-refractivity contribution in [2.24, 2.45) is 5.92 Å². The highest BCUT2D eigenvalue weighted by Gasteiger charge is 2.26. The van der Waals surface area contributed by atoms with Crippen molar-refractivity contribution in [3.63, 3.8) is 0 Å². The Hall–Kier alpha value is -1.51. The summed E-state index contributed by atoms with van der Waals surface area (Å²) in [6, 6.07) is 8.29. The van der Waals surface area contributed by atoms with Crippen molar-refractivity contribution in [1.82, 2.24) is 4.90 Å². The molecule has 18 heavy (non-hydrogen) atoms. The average molecular weight is 246 g/mol. The molecular formula is C15H22N2O. The molecule has 1 aliphatic rings. The first kappa shape index (κ1) is 12.9. The standard InChI is InChI=1S/C15H22N2O/c1-11-5-8-14(9-6-11)16-15(18)17-10-12(2)4-7-13(17)3/h5-6,8-9,12-13H,4,7,10H2,1-3H3,(H,16,18)/t12?,13-/m1/s1. The number of anilines is 1. The molecule has 1 fully saturated rings. The summed E-state index contributed by atoms with van der Waals surface area (Å²) in [6.07, 6.45) is 2.32. The molecule has 1 heterocycles. The van der Waals surface area contributed by atoms with Gasteiger partial charge in [-0.15, -0.1) is 0 Å². The van der Waals surface area contributed by atoms with E-state index in [1.165, 1.54) is 12.0 Å². The third kappa shape index (κ3) is 3.03. The van der Waals surface area contributed by atoms with Gasteiger partial charge in [0.15, 0.2) is 0 Å². The Morgan fingerprint density at radius 1 is 1.22 bits per heavy atom. The minimum absolute atomic E-state index is 0.0258. The normalized spacial score (nSPS) is 23.8. The molecule has 1 saturated heterocycles. The third-order valence-electron chi connectivity index (χ3n) is 3.68. The van der Waals surface area contributed by atoms with E-state index >= 15 is 0 Å². The van der Waals surface area contributed by atoms with Gasteiger partial charge in [0.05, 0.1) is 0 Å². The predicted molar refractivity (Wildman–Crippen MR) is 74.8 cm³/mol. The van der Waals surface area contributed by atoms with Crippen molar-refractivity contribution in [1.29, 1.82) is 0 Å². The summed E-state index contributed by atoms with van der Waals surface area (Å²) in [6.45, 7) is 7.23. The van der Waals surface area contributed by atoms with Crippen molar-refractivity contribution >= 4 is 11.7 Å². The average Bonchev–Trinajstić information content (AvgIpc) is 2.35. The van der Waals surface area contributed by atoms with Gasteiger partial charge in [-0.05, 0) is 44.7 Å². The molecule has 2 atom stereocenters. The summed E-state index contributed by atoms with van der Waals surface area (Å²) in [7, 11) is 0. The number of carbonyl (C=O) groups is 1. The number of aryl methyl sites for hydroxylation is 1. The lowest BCUT2D eigenvalue weighted by atomic mass is 9.95. The van der Waals surface area contributed by atoms with E-state index in [1.54, 1.807) is 0 Å². The molecule has 0 spiro atoms. The summed E-state index contributed by atoms with van der Waals surface area (Å²) in [5.74, 6) is 0.602. The van der Waals surface area contributed by atoms with Crippen LogP contribution in [0.3, 0.4) is 0 Å². The van der Waals surface area contributed by atoms with Crippen molar-refractivity contribution in [2.75, 3.05) is 11.9 Å². The van der Waals surface area contributed by atoms with Gasteiger partial charge in [0, 0.05) is 18.3 Å². The lowest BCUT2D eigenvalue weighted by Gasteiger charge is -2.36. The summed E-state index contributed by atoms with van der Waals surface area (Å²) >= 11 is 0. The maximum atomic E-state index is 12.2. The van der Waals surface area contributed by atoms with Gasteiger partial charge in [0.25, 0.3) is 0 Å². The zero-order chi connectivity index (χ0) is 13.1. The largest absolute Gasteiger partial charge is 0.322 e. The maximum absolute atomic E-state index is 12.2. The number of urea groups is 1. The molecule has 1 aromatic rings. The number of piperidine rings is 1. The Labute approximate surface area is 109 Å². The third-order valence-corrected chi connectivity index (χ3v) is 3.68. The molecular weight excluding hydrogens is 224 g/mol. The number of benzene rings is 1. The monoisotopic (exact) mass is 246 g/mol. The number of carbonyl (C=O) groups excluding carboxylic acids is 1. The van der Waals surface area contributed by atoms with Gasteiger partial charge in [-0.1, -0.05) is 24.6 Å². The number of likely N-dealkylation sites (tertiary alicyclic amines) is 1. The maximum Gasteiger partial charge on any atom is 0.322 e. The Morgan fingerprint density at radius 2 is 1.89 bits per heavy atom. The van der Waals surface area contributed by atoms with Crippen molar-refractivity contribution < 1.29 is 4.79 Å². The van der Waals surface area contributed by atoms with E-state index in [9.17, 15) is 4.79 Å². The molecule has 0 aromatic heterocycles. The molecule has 3 nitrogen and oxygen atoms in total. The molecule has 0 bridgehead atoms. The van der Waals surface area contributed by atoms with Crippen LogP contribution in [0.25, 0.3) is 0 Å². The van der Waals surface area contributed by atoms with Gasteiger partial charge in [0.1, 0.15) is 0 Å². The van der Waals surface area contributed by atoms with Gasteiger partial charge >= 0.3 is 6.03 Å². The zero-order valence-electron chi connectivity index (χ0n) is 11.4. The second-order valence-electron chi connectivity index (χ2n) is 5.48. The molecule has 1 N–H and O–H groups in total.